The summed E-state index contributed by atoms with van der Waals surface area (Å²) in [6, 6.07) is 9.73. The second-order valence-corrected chi connectivity index (χ2v) is 7.26. The second-order valence-electron chi connectivity index (χ2n) is 7.26. The predicted octanol–water partition coefficient (Wildman–Crippen LogP) is 1.01. The monoisotopic (exact) mass is 470 g/mol. The zero-order valence-corrected chi connectivity index (χ0v) is 20.3. The number of rotatable bonds is 23. The number of nitrogens with zero attached hydrogens (tertiary/aromatic N) is 1. The van der Waals surface area contributed by atoms with Gasteiger partial charge in [0.25, 0.3) is 0 Å². The van der Waals surface area contributed by atoms with Gasteiger partial charge in [-0.25, -0.2) is 0 Å². The maximum absolute atomic E-state index is 12.2. The molecule has 0 heterocycles. The Kier molecular flexibility index (Phi) is 19.8. The van der Waals surface area contributed by atoms with Crippen molar-refractivity contribution in [3.8, 4) is 0 Å². The Hall–Kier alpha value is -1.59. The van der Waals surface area contributed by atoms with E-state index in [2.05, 4.69) is 5.32 Å². The maximum Gasteiger partial charge on any atom is 0.226 e. The van der Waals surface area contributed by atoms with Crippen LogP contribution in [0.25, 0.3) is 0 Å². The van der Waals surface area contributed by atoms with Gasteiger partial charge < -0.3 is 38.6 Å². The van der Waals surface area contributed by atoms with Gasteiger partial charge >= 0.3 is 0 Å². The Morgan fingerprint density at radius 2 is 1.12 bits per heavy atom. The van der Waals surface area contributed by atoms with Crippen LogP contribution >= 0.6 is 0 Å². The topological polar surface area (TPSA) is 87.7 Å². The SMILES string of the molecule is CNCCOCCOCCOCCOCCOCCOCCN(C)C(=O)Cc1ccccc1. The van der Waals surface area contributed by atoms with Crippen LogP contribution in [0.2, 0.25) is 0 Å². The third-order valence-corrected chi connectivity index (χ3v) is 4.55. The van der Waals surface area contributed by atoms with E-state index < -0.39 is 0 Å². The molecular formula is C24H42N2O7. The molecule has 0 fully saturated rings. The van der Waals surface area contributed by atoms with E-state index in [1.54, 1.807) is 11.9 Å². The fraction of sp³-hybridized carbons (Fsp3) is 0.708. The highest BCUT2D eigenvalue weighted by molar-refractivity contribution is 5.78. The fourth-order valence-corrected chi connectivity index (χ4v) is 2.61. The molecule has 1 N–H and O–H groups in total. The van der Waals surface area contributed by atoms with Gasteiger partial charge in [-0.15, -0.1) is 0 Å². The summed E-state index contributed by atoms with van der Waals surface area (Å²) in [6.45, 7) is 7.92. The van der Waals surface area contributed by atoms with Crippen molar-refractivity contribution in [3.63, 3.8) is 0 Å². The molecule has 9 heteroatoms. The average molecular weight is 471 g/mol. The number of carbonyl (C=O) groups is 1. The number of hydrogen-bond donors (Lipinski definition) is 1. The Morgan fingerprint density at radius 1 is 0.697 bits per heavy atom. The molecule has 1 rings (SSSR count). The van der Waals surface area contributed by atoms with E-state index in [9.17, 15) is 4.79 Å². The lowest BCUT2D eigenvalue weighted by molar-refractivity contribution is -0.129. The highest BCUT2D eigenvalue weighted by Crippen LogP contribution is 2.01. The van der Waals surface area contributed by atoms with Crippen molar-refractivity contribution in [1.29, 1.82) is 0 Å². The smallest absolute Gasteiger partial charge is 0.226 e. The first-order valence-electron chi connectivity index (χ1n) is 11.6. The van der Waals surface area contributed by atoms with E-state index in [0.29, 0.717) is 92.2 Å². The molecule has 33 heavy (non-hydrogen) atoms. The molecule has 0 saturated carbocycles. The zero-order valence-electron chi connectivity index (χ0n) is 20.3. The highest BCUT2D eigenvalue weighted by Gasteiger charge is 2.09. The molecule has 0 saturated heterocycles. The Morgan fingerprint density at radius 3 is 1.58 bits per heavy atom. The highest BCUT2D eigenvalue weighted by atomic mass is 16.6. The standard InChI is InChI=1S/C24H42N2O7/c1-25-8-10-28-12-14-30-16-18-32-20-21-33-19-17-31-15-13-29-11-9-26(2)24(27)22-23-6-4-3-5-7-23/h3-7,25H,8-22H2,1-2H3. The van der Waals surface area contributed by atoms with Gasteiger partial charge in [-0.1, -0.05) is 30.3 Å². The van der Waals surface area contributed by atoms with Crippen LogP contribution in [0.3, 0.4) is 0 Å². The molecule has 9 nitrogen and oxygen atoms in total. The van der Waals surface area contributed by atoms with Gasteiger partial charge in [0, 0.05) is 20.1 Å². The van der Waals surface area contributed by atoms with Gasteiger partial charge in [-0.05, 0) is 12.6 Å². The summed E-state index contributed by atoms with van der Waals surface area (Å²) in [5, 5.41) is 3.01. The number of likely N-dealkylation sites (N-methyl/N-ethyl adjacent to an activating group) is 2. The van der Waals surface area contributed by atoms with Gasteiger partial charge in [0.05, 0.1) is 85.7 Å². The van der Waals surface area contributed by atoms with Crippen LogP contribution in [0, 0.1) is 0 Å². The Labute approximate surface area is 198 Å². The number of benzene rings is 1. The first kappa shape index (κ1) is 29.4. The minimum atomic E-state index is 0.0834. The molecule has 0 aliphatic rings. The van der Waals surface area contributed by atoms with Crippen molar-refractivity contribution in [2.45, 2.75) is 6.42 Å². The van der Waals surface area contributed by atoms with Crippen LogP contribution in [0.15, 0.2) is 30.3 Å². The van der Waals surface area contributed by atoms with Crippen molar-refractivity contribution in [2.75, 3.05) is 106 Å². The molecular weight excluding hydrogens is 428 g/mol. The first-order valence-corrected chi connectivity index (χ1v) is 11.6. The van der Waals surface area contributed by atoms with Gasteiger partial charge in [-0.3, -0.25) is 4.79 Å². The molecule has 0 aromatic heterocycles. The molecule has 0 spiro atoms. The van der Waals surface area contributed by atoms with Crippen LogP contribution < -0.4 is 5.32 Å². The Balaban J connectivity index is 1.76. The second kappa shape index (κ2) is 22.2. The van der Waals surface area contributed by atoms with Crippen molar-refractivity contribution in [3.05, 3.63) is 35.9 Å². The van der Waals surface area contributed by atoms with Crippen molar-refractivity contribution in [2.24, 2.45) is 0 Å². The largest absolute Gasteiger partial charge is 0.378 e. The van der Waals surface area contributed by atoms with Crippen LogP contribution in [-0.2, 0) is 39.6 Å². The lowest BCUT2D eigenvalue weighted by Crippen LogP contribution is -2.31. The third kappa shape index (κ3) is 18.5. The molecule has 0 unspecified atom stereocenters. The first-order chi connectivity index (χ1) is 16.2. The molecule has 0 aliphatic carbocycles. The lowest BCUT2D eigenvalue weighted by atomic mass is 10.1. The number of amides is 1. The molecule has 1 aromatic rings. The minimum absolute atomic E-state index is 0.0834. The molecule has 0 radical (unpaired) electrons. The van der Waals surface area contributed by atoms with E-state index in [-0.39, 0.29) is 5.91 Å². The van der Waals surface area contributed by atoms with Crippen LogP contribution in [-0.4, -0.2) is 117 Å². The molecule has 1 aromatic carbocycles. The Bertz CT molecular complexity index is 563. The molecule has 0 atom stereocenters. The molecule has 190 valence electrons. The number of hydrogen-bond acceptors (Lipinski definition) is 8. The van der Waals surface area contributed by atoms with Crippen molar-refractivity contribution >= 4 is 5.91 Å². The third-order valence-electron chi connectivity index (χ3n) is 4.55. The summed E-state index contributed by atoms with van der Waals surface area (Å²) in [4.78, 5) is 13.8. The van der Waals surface area contributed by atoms with E-state index in [1.165, 1.54) is 0 Å². The van der Waals surface area contributed by atoms with Crippen LogP contribution in [0.5, 0.6) is 0 Å². The minimum Gasteiger partial charge on any atom is -0.378 e. The predicted molar refractivity (Wildman–Crippen MR) is 127 cm³/mol. The van der Waals surface area contributed by atoms with E-state index in [1.807, 2.05) is 37.4 Å². The summed E-state index contributed by atoms with van der Waals surface area (Å²) in [7, 11) is 3.69. The summed E-state index contributed by atoms with van der Waals surface area (Å²) >= 11 is 0. The van der Waals surface area contributed by atoms with E-state index in [4.69, 9.17) is 28.4 Å². The number of carbonyl (C=O) groups excluding carboxylic acids is 1. The number of nitrogens with one attached hydrogen (secondary N) is 1. The van der Waals surface area contributed by atoms with E-state index >= 15 is 0 Å². The van der Waals surface area contributed by atoms with Gasteiger partial charge in [0.1, 0.15) is 0 Å². The van der Waals surface area contributed by atoms with E-state index in [0.717, 1.165) is 12.1 Å². The molecule has 0 bridgehead atoms. The van der Waals surface area contributed by atoms with Crippen LogP contribution in [0.1, 0.15) is 5.56 Å². The summed E-state index contributed by atoms with van der Waals surface area (Å²) in [6.07, 6.45) is 0.409. The summed E-state index contributed by atoms with van der Waals surface area (Å²) < 4.78 is 32.6. The normalized spacial score (nSPS) is 11.1. The molecule has 0 aliphatic heterocycles. The molecule has 1 amide bonds. The van der Waals surface area contributed by atoms with Gasteiger partial charge in [0.2, 0.25) is 5.91 Å². The fourth-order valence-electron chi connectivity index (χ4n) is 2.61. The summed E-state index contributed by atoms with van der Waals surface area (Å²) in [5.41, 5.74) is 1.02. The van der Waals surface area contributed by atoms with Crippen LogP contribution in [0.4, 0.5) is 0 Å². The quantitative estimate of drug-likeness (QED) is 0.237. The van der Waals surface area contributed by atoms with Gasteiger partial charge in [-0.2, -0.15) is 0 Å². The average Bonchev–Trinajstić information content (AvgIpc) is 2.83. The van der Waals surface area contributed by atoms with Crippen molar-refractivity contribution < 1.29 is 33.2 Å². The zero-order chi connectivity index (χ0) is 23.8. The summed E-state index contributed by atoms with van der Waals surface area (Å²) in [5.74, 6) is 0.0834. The van der Waals surface area contributed by atoms with Crippen molar-refractivity contribution in [1.82, 2.24) is 10.2 Å². The number of ether oxygens (including phenoxy) is 6. The lowest BCUT2D eigenvalue weighted by Gasteiger charge is -2.17. The maximum atomic E-state index is 12.2. The van der Waals surface area contributed by atoms with Gasteiger partial charge in [0.15, 0.2) is 0 Å².